The Morgan fingerprint density at radius 2 is 2.44 bits per heavy atom. The first-order valence-electron chi connectivity index (χ1n) is 5.89. The van der Waals surface area contributed by atoms with Crippen LogP contribution in [0.1, 0.15) is 25.8 Å². The van der Waals surface area contributed by atoms with Crippen molar-refractivity contribution >= 4 is 17.7 Å². The standard InChI is InChI=1S/C10H16N4O3S/c1-2-11-7(8(15)16)5-18-10-13-12-9(17)14(10)6-3-4-6/h6-7,11H,2-5H2,1H3,(H,12,17)(H,15,16). The lowest BCUT2D eigenvalue weighted by Gasteiger charge is -2.12. The Balaban J connectivity index is 2.01. The predicted molar refractivity (Wildman–Crippen MR) is 66.9 cm³/mol. The van der Waals surface area contributed by atoms with Crippen molar-refractivity contribution in [2.24, 2.45) is 0 Å². The fourth-order valence-electron chi connectivity index (χ4n) is 1.67. The van der Waals surface area contributed by atoms with Crippen molar-refractivity contribution in [3.8, 4) is 0 Å². The van der Waals surface area contributed by atoms with Crippen LogP contribution in [0.15, 0.2) is 9.95 Å². The van der Waals surface area contributed by atoms with Gasteiger partial charge in [0, 0.05) is 11.8 Å². The molecule has 3 N–H and O–H groups in total. The van der Waals surface area contributed by atoms with Crippen molar-refractivity contribution in [3.63, 3.8) is 0 Å². The van der Waals surface area contributed by atoms with Crippen molar-refractivity contribution in [2.45, 2.75) is 37.0 Å². The van der Waals surface area contributed by atoms with Crippen LogP contribution < -0.4 is 11.0 Å². The van der Waals surface area contributed by atoms with Crippen LogP contribution in [-0.4, -0.2) is 44.2 Å². The molecule has 0 aromatic carbocycles. The van der Waals surface area contributed by atoms with E-state index in [2.05, 4.69) is 15.5 Å². The van der Waals surface area contributed by atoms with Gasteiger partial charge in [0.25, 0.3) is 0 Å². The van der Waals surface area contributed by atoms with Gasteiger partial charge >= 0.3 is 11.7 Å². The molecular weight excluding hydrogens is 256 g/mol. The van der Waals surface area contributed by atoms with Gasteiger partial charge < -0.3 is 10.4 Å². The summed E-state index contributed by atoms with van der Waals surface area (Å²) >= 11 is 1.29. The molecule has 1 aromatic heterocycles. The van der Waals surface area contributed by atoms with Crippen LogP contribution in [0.3, 0.4) is 0 Å². The number of aliphatic carboxylic acids is 1. The summed E-state index contributed by atoms with van der Waals surface area (Å²) in [5.41, 5.74) is -0.213. The van der Waals surface area contributed by atoms with E-state index in [0.717, 1.165) is 12.8 Å². The molecule has 1 unspecified atom stereocenters. The van der Waals surface area contributed by atoms with Crippen LogP contribution in [-0.2, 0) is 4.79 Å². The zero-order valence-electron chi connectivity index (χ0n) is 10.0. The van der Waals surface area contributed by atoms with Crippen molar-refractivity contribution in [1.29, 1.82) is 0 Å². The van der Waals surface area contributed by atoms with Gasteiger partial charge in [0.2, 0.25) is 0 Å². The largest absolute Gasteiger partial charge is 0.480 e. The van der Waals surface area contributed by atoms with Crippen LogP contribution in [0, 0.1) is 0 Å². The molecule has 1 aliphatic carbocycles. The van der Waals surface area contributed by atoms with Gasteiger partial charge in [-0.3, -0.25) is 9.36 Å². The molecular formula is C10H16N4O3S. The highest BCUT2D eigenvalue weighted by molar-refractivity contribution is 7.99. The van der Waals surface area contributed by atoms with E-state index in [1.165, 1.54) is 11.8 Å². The van der Waals surface area contributed by atoms with Gasteiger partial charge in [-0.05, 0) is 19.4 Å². The molecule has 1 fully saturated rings. The molecule has 1 heterocycles. The summed E-state index contributed by atoms with van der Waals surface area (Å²) in [5.74, 6) is -0.541. The monoisotopic (exact) mass is 272 g/mol. The minimum absolute atomic E-state index is 0.213. The second-order valence-electron chi connectivity index (χ2n) is 4.17. The summed E-state index contributed by atoms with van der Waals surface area (Å²) < 4.78 is 1.62. The number of hydrogen-bond acceptors (Lipinski definition) is 5. The number of aromatic nitrogens is 3. The average molecular weight is 272 g/mol. The zero-order valence-corrected chi connectivity index (χ0v) is 10.9. The van der Waals surface area contributed by atoms with Gasteiger partial charge in [-0.1, -0.05) is 18.7 Å². The molecule has 1 aliphatic rings. The third-order valence-electron chi connectivity index (χ3n) is 2.71. The van der Waals surface area contributed by atoms with E-state index in [9.17, 15) is 9.59 Å². The summed E-state index contributed by atoms with van der Waals surface area (Å²) in [5, 5.41) is 18.8. The number of carboxylic acid groups (broad SMARTS) is 1. The number of aromatic amines is 1. The summed E-state index contributed by atoms with van der Waals surface area (Å²) in [7, 11) is 0. The highest BCUT2D eigenvalue weighted by Crippen LogP contribution is 2.36. The Morgan fingerprint density at radius 3 is 3.00 bits per heavy atom. The lowest BCUT2D eigenvalue weighted by Crippen LogP contribution is -2.38. The molecule has 0 amide bonds. The Morgan fingerprint density at radius 1 is 1.72 bits per heavy atom. The van der Waals surface area contributed by atoms with Gasteiger partial charge in [0.1, 0.15) is 6.04 Å². The summed E-state index contributed by atoms with van der Waals surface area (Å²) in [6.45, 7) is 2.45. The summed E-state index contributed by atoms with van der Waals surface area (Å²) in [4.78, 5) is 22.5. The highest BCUT2D eigenvalue weighted by Gasteiger charge is 2.29. The second kappa shape index (κ2) is 5.57. The lowest BCUT2D eigenvalue weighted by molar-refractivity contribution is -0.138. The number of rotatable bonds is 7. The van der Waals surface area contributed by atoms with E-state index in [4.69, 9.17) is 5.11 Å². The molecule has 1 aromatic rings. The van der Waals surface area contributed by atoms with Crippen LogP contribution in [0.2, 0.25) is 0 Å². The van der Waals surface area contributed by atoms with Crippen molar-refractivity contribution in [3.05, 3.63) is 10.5 Å². The zero-order chi connectivity index (χ0) is 13.1. The molecule has 0 aliphatic heterocycles. The lowest BCUT2D eigenvalue weighted by atomic mass is 10.3. The number of hydrogen-bond donors (Lipinski definition) is 3. The van der Waals surface area contributed by atoms with Crippen molar-refractivity contribution < 1.29 is 9.90 Å². The molecule has 2 rings (SSSR count). The van der Waals surface area contributed by atoms with Crippen molar-refractivity contribution in [1.82, 2.24) is 20.1 Å². The number of carboxylic acids is 1. The van der Waals surface area contributed by atoms with Gasteiger partial charge in [0.15, 0.2) is 5.16 Å². The minimum atomic E-state index is -0.889. The normalized spacial score (nSPS) is 16.7. The van der Waals surface area contributed by atoms with Crippen LogP contribution >= 0.6 is 11.8 Å². The predicted octanol–water partition coefficient (Wildman–Crippen LogP) is 0.0611. The molecule has 1 atom stereocenters. The van der Waals surface area contributed by atoms with E-state index in [1.807, 2.05) is 6.92 Å². The van der Waals surface area contributed by atoms with Crippen molar-refractivity contribution in [2.75, 3.05) is 12.3 Å². The van der Waals surface area contributed by atoms with E-state index in [1.54, 1.807) is 4.57 Å². The number of likely N-dealkylation sites (N-methyl/N-ethyl adjacent to an activating group) is 1. The van der Waals surface area contributed by atoms with Crippen LogP contribution in [0.25, 0.3) is 0 Å². The molecule has 7 nitrogen and oxygen atoms in total. The average Bonchev–Trinajstić information content (AvgIpc) is 3.09. The molecule has 0 radical (unpaired) electrons. The second-order valence-corrected chi connectivity index (χ2v) is 5.16. The molecule has 18 heavy (non-hydrogen) atoms. The van der Waals surface area contributed by atoms with E-state index in [-0.39, 0.29) is 11.7 Å². The SMILES string of the molecule is CCNC(CSc1n[nH]c(=O)n1C1CC1)C(=O)O. The number of H-pyrrole nitrogens is 1. The Bertz CT molecular complexity index is 480. The maximum absolute atomic E-state index is 11.5. The maximum atomic E-state index is 11.5. The number of nitrogens with zero attached hydrogens (tertiary/aromatic N) is 2. The Labute approximate surface area is 108 Å². The summed E-state index contributed by atoms with van der Waals surface area (Å²) in [6, 6.07) is -0.388. The number of carbonyl (C=O) groups is 1. The topological polar surface area (TPSA) is 100 Å². The van der Waals surface area contributed by atoms with Gasteiger partial charge in [0.05, 0.1) is 0 Å². The Hall–Kier alpha value is -1.28. The van der Waals surface area contributed by atoms with E-state index >= 15 is 0 Å². The molecule has 1 saturated carbocycles. The Kier molecular flexibility index (Phi) is 4.07. The first-order chi connectivity index (χ1) is 8.63. The highest BCUT2D eigenvalue weighted by atomic mass is 32.2. The molecule has 0 spiro atoms. The fourth-order valence-corrected chi connectivity index (χ4v) is 2.73. The van der Waals surface area contributed by atoms with E-state index < -0.39 is 12.0 Å². The van der Waals surface area contributed by atoms with Crippen LogP contribution in [0.5, 0.6) is 0 Å². The van der Waals surface area contributed by atoms with Gasteiger partial charge in [-0.25, -0.2) is 9.89 Å². The maximum Gasteiger partial charge on any atom is 0.344 e. The molecule has 0 bridgehead atoms. The molecule has 8 heteroatoms. The van der Waals surface area contributed by atoms with Gasteiger partial charge in [-0.2, -0.15) is 0 Å². The van der Waals surface area contributed by atoms with E-state index in [0.29, 0.717) is 17.5 Å². The molecule has 100 valence electrons. The first-order valence-corrected chi connectivity index (χ1v) is 6.88. The fraction of sp³-hybridized carbons (Fsp3) is 0.700. The first kappa shape index (κ1) is 13.2. The quantitative estimate of drug-likeness (QED) is 0.607. The summed E-state index contributed by atoms with van der Waals surface area (Å²) in [6.07, 6.45) is 1.98. The smallest absolute Gasteiger partial charge is 0.344 e. The number of nitrogens with one attached hydrogen (secondary N) is 2. The van der Waals surface area contributed by atoms with Gasteiger partial charge in [-0.15, -0.1) is 5.10 Å². The third kappa shape index (κ3) is 2.94. The number of thioether (sulfide) groups is 1. The molecule has 0 saturated heterocycles. The van der Waals surface area contributed by atoms with Crippen LogP contribution in [0.4, 0.5) is 0 Å². The third-order valence-corrected chi connectivity index (χ3v) is 3.76. The minimum Gasteiger partial charge on any atom is -0.480 e.